The molecule has 2 heteroatoms. The molecule has 18 heavy (non-hydrogen) atoms. The Balaban J connectivity index is 2.33. The molecule has 1 saturated carbocycles. The molecule has 98 valence electrons. The van der Waals surface area contributed by atoms with Crippen LogP contribution < -0.4 is 4.74 Å². The van der Waals surface area contributed by atoms with E-state index in [1.165, 1.54) is 12.8 Å². The van der Waals surface area contributed by atoms with Gasteiger partial charge in [0.25, 0.3) is 0 Å². The maximum Gasteiger partial charge on any atom is 0.172 e. The molecule has 1 aliphatic rings. The molecule has 0 atom stereocenters. The zero-order valence-corrected chi connectivity index (χ0v) is 11.4. The molecule has 1 fully saturated rings. The highest BCUT2D eigenvalue weighted by Crippen LogP contribution is 2.44. The van der Waals surface area contributed by atoms with Gasteiger partial charge in [0.05, 0.1) is 12.2 Å². The highest BCUT2D eigenvalue weighted by atomic mass is 16.5. The first-order valence-corrected chi connectivity index (χ1v) is 7.00. The van der Waals surface area contributed by atoms with Crippen LogP contribution in [0.4, 0.5) is 0 Å². The SMILES string of the molecule is CCOc1ccccc1C(=O)C1(CC)CCCC1. The Morgan fingerprint density at radius 1 is 1.22 bits per heavy atom. The van der Waals surface area contributed by atoms with E-state index >= 15 is 0 Å². The lowest BCUT2D eigenvalue weighted by atomic mass is 9.76. The normalized spacial score (nSPS) is 17.7. The van der Waals surface area contributed by atoms with Gasteiger partial charge in [0.15, 0.2) is 5.78 Å². The largest absolute Gasteiger partial charge is 0.493 e. The number of hydrogen-bond donors (Lipinski definition) is 0. The van der Waals surface area contributed by atoms with Gasteiger partial charge in [-0.3, -0.25) is 4.79 Å². The Hall–Kier alpha value is -1.31. The van der Waals surface area contributed by atoms with Gasteiger partial charge in [-0.05, 0) is 38.3 Å². The number of carbonyl (C=O) groups excluding carboxylic acids is 1. The predicted octanol–water partition coefficient (Wildman–Crippen LogP) is 4.24. The Morgan fingerprint density at radius 3 is 2.50 bits per heavy atom. The van der Waals surface area contributed by atoms with E-state index in [9.17, 15) is 4.79 Å². The van der Waals surface area contributed by atoms with Crippen molar-refractivity contribution in [3.05, 3.63) is 29.8 Å². The van der Waals surface area contributed by atoms with Crippen molar-refractivity contribution in [1.82, 2.24) is 0 Å². The molecule has 0 radical (unpaired) electrons. The van der Waals surface area contributed by atoms with Crippen molar-refractivity contribution in [3.63, 3.8) is 0 Å². The second-order valence-corrected chi connectivity index (χ2v) is 5.10. The first-order chi connectivity index (χ1) is 8.73. The van der Waals surface area contributed by atoms with Gasteiger partial charge >= 0.3 is 0 Å². The van der Waals surface area contributed by atoms with Crippen LogP contribution in [0.15, 0.2) is 24.3 Å². The van der Waals surface area contributed by atoms with Gasteiger partial charge in [-0.25, -0.2) is 0 Å². The van der Waals surface area contributed by atoms with Crippen molar-refractivity contribution in [3.8, 4) is 5.75 Å². The summed E-state index contributed by atoms with van der Waals surface area (Å²) >= 11 is 0. The van der Waals surface area contributed by atoms with Gasteiger partial charge < -0.3 is 4.74 Å². The average molecular weight is 246 g/mol. The van der Waals surface area contributed by atoms with Gasteiger partial charge in [-0.1, -0.05) is 31.9 Å². The van der Waals surface area contributed by atoms with Crippen LogP contribution in [0, 0.1) is 5.41 Å². The van der Waals surface area contributed by atoms with Crippen LogP contribution in [0.5, 0.6) is 5.75 Å². The lowest BCUT2D eigenvalue weighted by Crippen LogP contribution is -2.27. The number of rotatable bonds is 5. The predicted molar refractivity (Wildman–Crippen MR) is 73.1 cm³/mol. The van der Waals surface area contributed by atoms with Gasteiger partial charge in [0, 0.05) is 5.41 Å². The van der Waals surface area contributed by atoms with Crippen LogP contribution in [0.3, 0.4) is 0 Å². The smallest absolute Gasteiger partial charge is 0.172 e. The molecule has 0 amide bonds. The van der Waals surface area contributed by atoms with Crippen LogP contribution in [0.2, 0.25) is 0 Å². The molecule has 0 aliphatic heterocycles. The molecule has 1 aromatic rings. The molecule has 0 spiro atoms. The fraction of sp³-hybridized carbons (Fsp3) is 0.562. The molecular formula is C16H22O2. The average Bonchev–Trinajstić information content (AvgIpc) is 2.89. The summed E-state index contributed by atoms with van der Waals surface area (Å²) in [7, 11) is 0. The zero-order chi connectivity index (χ0) is 13.0. The van der Waals surface area contributed by atoms with E-state index in [0.29, 0.717) is 6.61 Å². The van der Waals surface area contributed by atoms with E-state index in [-0.39, 0.29) is 11.2 Å². The van der Waals surface area contributed by atoms with E-state index in [0.717, 1.165) is 30.6 Å². The zero-order valence-electron chi connectivity index (χ0n) is 11.4. The minimum atomic E-state index is -0.132. The summed E-state index contributed by atoms with van der Waals surface area (Å²) in [5, 5.41) is 0. The van der Waals surface area contributed by atoms with Crippen LogP contribution in [0.1, 0.15) is 56.3 Å². The summed E-state index contributed by atoms with van der Waals surface area (Å²) in [6.45, 7) is 4.68. The van der Waals surface area contributed by atoms with E-state index in [4.69, 9.17) is 4.74 Å². The van der Waals surface area contributed by atoms with Gasteiger partial charge in [0.2, 0.25) is 0 Å². The summed E-state index contributed by atoms with van der Waals surface area (Å²) in [5.41, 5.74) is 0.635. The lowest BCUT2D eigenvalue weighted by Gasteiger charge is -2.26. The van der Waals surface area contributed by atoms with E-state index in [2.05, 4.69) is 6.92 Å². The van der Waals surface area contributed by atoms with Crippen LogP contribution in [-0.2, 0) is 0 Å². The van der Waals surface area contributed by atoms with Crippen molar-refractivity contribution in [2.45, 2.75) is 46.0 Å². The quantitative estimate of drug-likeness (QED) is 0.726. The van der Waals surface area contributed by atoms with E-state index in [1.54, 1.807) is 0 Å². The lowest BCUT2D eigenvalue weighted by molar-refractivity contribution is 0.0787. The topological polar surface area (TPSA) is 26.3 Å². The van der Waals surface area contributed by atoms with Crippen molar-refractivity contribution >= 4 is 5.78 Å². The van der Waals surface area contributed by atoms with Crippen molar-refractivity contribution in [1.29, 1.82) is 0 Å². The summed E-state index contributed by atoms with van der Waals surface area (Å²) < 4.78 is 5.59. The van der Waals surface area contributed by atoms with Crippen LogP contribution in [0.25, 0.3) is 0 Å². The van der Waals surface area contributed by atoms with Crippen molar-refractivity contribution in [2.24, 2.45) is 5.41 Å². The number of carbonyl (C=O) groups is 1. The molecule has 0 unspecified atom stereocenters. The molecule has 2 nitrogen and oxygen atoms in total. The monoisotopic (exact) mass is 246 g/mol. The van der Waals surface area contributed by atoms with Crippen molar-refractivity contribution < 1.29 is 9.53 Å². The fourth-order valence-electron chi connectivity index (χ4n) is 3.01. The molecule has 0 N–H and O–H groups in total. The summed E-state index contributed by atoms with van der Waals surface area (Å²) in [6.07, 6.45) is 5.35. The second kappa shape index (κ2) is 5.55. The maximum atomic E-state index is 12.8. The van der Waals surface area contributed by atoms with Crippen molar-refractivity contribution in [2.75, 3.05) is 6.61 Å². The Labute approximate surface area is 109 Å². The highest BCUT2D eigenvalue weighted by Gasteiger charge is 2.40. The number of para-hydroxylation sites is 1. The number of Topliss-reactive ketones (excluding diaryl/α,β-unsaturated/α-hetero) is 1. The van der Waals surface area contributed by atoms with Crippen LogP contribution >= 0.6 is 0 Å². The van der Waals surface area contributed by atoms with Crippen LogP contribution in [-0.4, -0.2) is 12.4 Å². The Bertz CT molecular complexity index is 417. The molecule has 1 aromatic carbocycles. The van der Waals surface area contributed by atoms with Gasteiger partial charge in [-0.15, -0.1) is 0 Å². The number of ketones is 1. The number of ether oxygens (including phenoxy) is 1. The summed E-state index contributed by atoms with van der Waals surface area (Å²) in [4.78, 5) is 12.8. The third-order valence-electron chi connectivity index (χ3n) is 4.15. The summed E-state index contributed by atoms with van der Waals surface area (Å²) in [5.74, 6) is 1.02. The first-order valence-electron chi connectivity index (χ1n) is 7.00. The van der Waals surface area contributed by atoms with E-state index in [1.807, 2.05) is 31.2 Å². The standard InChI is InChI=1S/C16H22O2/c1-3-16(11-7-8-12-16)15(17)13-9-5-6-10-14(13)18-4-2/h5-6,9-10H,3-4,7-8,11-12H2,1-2H3. The highest BCUT2D eigenvalue weighted by molar-refractivity contribution is 6.02. The number of benzene rings is 1. The van der Waals surface area contributed by atoms with Gasteiger partial charge in [0.1, 0.15) is 5.75 Å². The molecule has 0 heterocycles. The molecule has 0 aromatic heterocycles. The summed E-state index contributed by atoms with van der Waals surface area (Å²) in [6, 6.07) is 7.65. The third kappa shape index (κ3) is 2.29. The molecule has 1 aliphatic carbocycles. The minimum Gasteiger partial charge on any atom is -0.493 e. The molecule has 0 bridgehead atoms. The molecule has 0 saturated heterocycles. The van der Waals surface area contributed by atoms with E-state index < -0.39 is 0 Å². The maximum absolute atomic E-state index is 12.8. The first kappa shape index (κ1) is 13.1. The second-order valence-electron chi connectivity index (χ2n) is 5.10. The molecular weight excluding hydrogens is 224 g/mol. The Morgan fingerprint density at radius 2 is 1.89 bits per heavy atom. The fourth-order valence-corrected chi connectivity index (χ4v) is 3.01. The number of hydrogen-bond acceptors (Lipinski definition) is 2. The Kier molecular flexibility index (Phi) is 4.05. The minimum absolute atomic E-state index is 0.132. The van der Waals surface area contributed by atoms with Gasteiger partial charge in [-0.2, -0.15) is 0 Å². The third-order valence-corrected chi connectivity index (χ3v) is 4.15. The molecule has 2 rings (SSSR count).